The smallest absolute Gasteiger partial charge is 0.256 e. The normalized spacial score (nSPS) is 10.8. The Morgan fingerprint density at radius 3 is 2.64 bits per heavy atom. The monoisotopic (exact) mass is 372 g/mol. The minimum atomic E-state index is -0.199. The van der Waals surface area contributed by atoms with Crippen LogP contribution >= 0.6 is 0 Å². The molecule has 1 amide bonds. The molecule has 0 saturated heterocycles. The number of benzene rings is 2. The van der Waals surface area contributed by atoms with Crippen LogP contribution in [-0.4, -0.2) is 18.0 Å². The predicted octanol–water partition coefficient (Wildman–Crippen LogP) is 5.37. The number of hydrogen-bond acceptors (Lipinski definition) is 4. The van der Waals surface area contributed by atoms with Crippen LogP contribution in [0.4, 0.5) is 5.69 Å². The van der Waals surface area contributed by atoms with E-state index in [0.717, 1.165) is 27.8 Å². The van der Waals surface area contributed by atoms with Crippen molar-refractivity contribution < 1.29 is 13.9 Å². The number of rotatable bonds is 4. The molecule has 2 aromatic heterocycles. The molecule has 0 fully saturated rings. The summed E-state index contributed by atoms with van der Waals surface area (Å²) in [6.07, 6.45) is 1.59. The van der Waals surface area contributed by atoms with E-state index in [9.17, 15) is 4.79 Å². The summed E-state index contributed by atoms with van der Waals surface area (Å²) in [5.41, 5.74) is 4.64. The van der Waals surface area contributed by atoms with E-state index in [0.29, 0.717) is 22.7 Å². The lowest BCUT2D eigenvalue weighted by molar-refractivity contribution is 0.102. The fraction of sp³-hybridized carbons (Fsp3) is 0.130. The molecule has 0 aliphatic rings. The second kappa shape index (κ2) is 7.19. The Labute approximate surface area is 163 Å². The van der Waals surface area contributed by atoms with Gasteiger partial charge < -0.3 is 14.5 Å². The van der Waals surface area contributed by atoms with E-state index >= 15 is 0 Å². The van der Waals surface area contributed by atoms with Crippen LogP contribution in [-0.2, 0) is 0 Å². The lowest BCUT2D eigenvalue weighted by Crippen LogP contribution is -2.13. The number of amides is 1. The topological polar surface area (TPSA) is 64.4 Å². The van der Waals surface area contributed by atoms with Crippen molar-refractivity contribution in [2.45, 2.75) is 13.8 Å². The lowest BCUT2D eigenvalue weighted by Gasteiger charge is -2.12. The van der Waals surface area contributed by atoms with Crippen LogP contribution in [0.5, 0.6) is 5.75 Å². The maximum atomic E-state index is 13.1. The van der Waals surface area contributed by atoms with Gasteiger partial charge in [0.25, 0.3) is 5.91 Å². The summed E-state index contributed by atoms with van der Waals surface area (Å²) in [5, 5.41) is 3.79. The van der Waals surface area contributed by atoms with Crippen molar-refractivity contribution in [1.82, 2.24) is 4.98 Å². The zero-order valence-corrected chi connectivity index (χ0v) is 15.9. The van der Waals surface area contributed by atoms with Gasteiger partial charge in [-0.3, -0.25) is 4.79 Å². The third-order valence-electron chi connectivity index (χ3n) is 4.64. The Balaban J connectivity index is 1.78. The highest BCUT2D eigenvalue weighted by atomic mass is 16.5. The lowest BCUT2D eigenvalue weighted by atomic mass is 10.0. The number of methoxy groups -OCH3 is 1. The van der Waals surface area contributed by atoms with Crippen molar-refractivity contribution in [3.05, 3.63) is 77.6 Å². The first-order valence-electron chi connectivity index (χ1n) is 8.96. The number of anilines is 1. The number of ether oxygens (including phenoxy) is 1. The molecule has 28 heavy (non-hydrogen) atoms. The van der Waals surface area contributed by atoms with Crippen LogP contribution in [0.2, 0.25) is 0 Å². The molecule has 5 heteroatoms. The van der Waals surface area contributed by atoms with Crippen LogP contribution in [0.3, 0.4) is 0 Å². The molecule has 0 unspecified atom stereocenters. The molecule has 4 rings (SSSR count). The molecule has 0 bridgehead atoms. The average Bonchev–Trinajstić information content (AvgIpc) is 3.22. The Morgan fingerprint density at radius 1 is 1.07 bits per heavy atom. The molecule has 0 aliphatic carbocycles. The number of nitrogens with zero attached hydrogens (tertiary/aromatic N) is 1. The number of fused-ring (bicyclic) bond motifs is 1. The van der Waals surface area contributed by atoms with Crippen molar-refractivity contribution in [1.29, 1.82) is 0 Å². The van der Waals surface area contributed by atoms with Gasteiger partial charge in [-0.05, 0) is 67.9 Å². The molecule has 0 saturated carbocycles. The number of aromatic nitrogens is 1. The van der Waals surface area contributed by atoms with Crippen molar-refractivity contribution in [3.8, 4) is 17.2 Å². The van der Waals surface area contributed by atoms with Crippen molar-refractivity contribution in [3.63, 3.8) is 0 Å². The van der Waals surface area contributed by atoms with E-state index in [1.807, 2.05) is 56.3 Å². The number of hydrogen-bond donors (Lipinski definition) is 1. The van der Waals surface area contributed by atoms with E-state index in [1.165, 1.54) is 0 Å². The van der Waals surface area contributed by atoms with Crippen molar-refractivity contribution >= 4 is 22.5 Å². The summed E-state index contributed by atoms with van der Waals surface area (Å²) in [6.45, 7) is 3.93. The van der Waals surface area contributed by atoms with E-state index in [2.05, 4.69) is 10.3 Å². The second-order valence-corrected chi connectivity index (χ2v) is 6.69. The first-order valence-corrected chi connectivity index (χ1v) is 8.96. The summed E-state index contributed by atoms with van der Waals surface area (Å²) >= 11 is 0. The molecular weight excluding hydrogens is 352 g/mol. The highest BCUT2D eigenvalue weighted by molar-refractivity contribution is 6.13. The number of carbonyl (C=O) groups is 1. The van der Waals surface area contributed by atoms with Gasteiger partial charge in [-0.25, -0.2) is 4.98 Å². The summed E-state index contributed by atoms with van der Waals surface area (Å²) < 4.78 is 10.8. The maximum absolute atomic E-state index is 13.1. The van der Waals surface area contributed by atoms with Gasteiger partial charge in [0.1, 0.15) is 11.4 Å². The van der Waals surface area contributed by atoms with Gasteiger partial charge in [-0.15, -0.1) is 0 Å². The van der Waals surface area contributed by atoms with Gasteiger partial charge in [0.2, 0.25) is 0 Å². The molecule has 140 valence electrons. The standard InChI is InChI=1S/C23H20N2O3/c1-14-6-8-19-17(11-14)18(13-20(25-19)22-5-4-10-28-22)23(26)24-16-7-9-21(27-3)15(2)12-16/h4-13H,1-3H3,(H,24,26). The quantitative estimate of drug-likeness (QED) is 0.523. The van der Waals surface area contributed by atoms with Crippen molar-refractivity contribution in [2.75, 3.05) is 12.4 Å². The first kappa shape index (κ1) is 17.8. The molecule has 0 aliphatic heterocycles. The summed E-state index contributed by atoms with van der Waals surface area (Å²) in [4.78, 5) is 17.8. The van der Waals surface area contributed by atoms with E-state index in [-0.39, 0.29) is 5.91 Å². The number of carbonyl (C=O) groups excluding carboxylic acids is 1. The fourth-order valence-electron chi connectivity index (χ4n) is 3.23. The van der Waals surface area contributed by atoms with Gasteiger partial charge in [0, 0.05) is 11.1 Å². The predicted molar refractivity (Wildman–Crippen MR) is 110 cm³/mol. The molecule has 0 radical (unpaired) electrons. The van der Waals surface area contributed by atoms with Gasteiger partial charge in [-0.1, -0.05) is 11.6 Å². The zero-order chi connectivity index (χ0) is 19.7. The Bertz CT molecular complexity index is 1160. The number of aryl methyl sites for hydroxylation is 2. The molecule has 1 N–H and O–H groups in total. The van der Waals surface area contributed by atoms with Gasteiger partial charge in [0.15, 0.2) is 5.76 Å². The third kappa shape index (κ3) is 3.34. The SMILES string of the molecule is COc1ccc(NC(=O)c2cc(-c3ccco3)nc3ccc(C)cc23)cc1C. The Hall–Kier alpha value is -3.60. The van der Waals surface area contributed by atoms with Gasteiger partial charge in [0.05, 0.1) is 24.5 Å². The average molecular weight is 372 g/mol. The highest BCUT2D eigenvalue weighted by Crippen LogP contribution is 2.27. The summed E-state index contributed by atoms with van der Waals surface area (Å²) in [5.74, 6) is 1.20. The van der Waals surface area contributed by atoms with Crippen LogP contribution < -0.4 is 10.1 Å². The van der Waals surface area contributed by atoms with Gasteiger partial charge >= 0.3 is 0 Å². The van der Waals surface area contributed by atoms with Gasteiger partial charge in [-0.2, -0.15) is 0 Å². The summed E-state index contributed by atoms with van der Waals surface area (Å²) in [6, 6.07) is 16.8. The maximum Gasteiger partial charge on any atom is 0.256 e. The van der Waals surface area contributed by atoms with E-state index < -0.39 is 0 Å². The molecular formula is C23H20N2O3. The number of pyridine rings is 1. The first-order chi connectivity index (χ1) is 13.5. The van der Waals surface area contributed by atoms with Crippen molar-refractivity contribution in [2.24, 2.45) is 0 Å². The van der Waals surface area contributed by atoms with Crippen LogP contribution in [0.25, 0.3) is 22.4 Å². The van der Waals surface area contributed by atoms with Crippen LogP contribution in [0.1, 0.15) is 21.5 Å². The zero-order valence-electron chi connectivity index (χ0n) is 15.9. The van der Waals surface area contributed by atoms with Crippen LogP contribution in [0, 0.1) is 13.8 Å². The Kier molecular flexibility index (Phi) is 4.57. The molecule has 2 aromatic carbocycles. The second-order valence-electron chi connectivity index (χ2n) is 6.69. The van der Waals surface area contributed by atoms with E-state index in [4.69, 9.17) is 9.15 Å². The number of nitrogens with one attached hydrogen (secondary N) is 1. The highest BCUT2D eigenvalue weighted by Gasteiger charge is 2.16. The molecule has 2 heterocycles. The fourth-order valence-corrected chi connectivity index (χ4v) is 3.23. The van der Waals surface area contributed by atoms with Crippen LogP contribution in [0.15, 0.2) is 65.3 Å². The Morgan fingerprint density at radius 2 is 1.93 bits per heavy atom. The minimum Gasteiger partial charge on any atom is -0.496 e. The molecule has 4 aromatic rings. The summed E-state index contributed by atoms with van der Waals surface area (Å²) in [7, 11) is 1.63. The molecule has 0 atom stereocenters. The van der Waals surface area contributed by atoms with E-state index in [1.54, 1.807) is 25.5 Å². The molecule has 0 spiro atoms. The molecule has 5 nitrogen and oxygen atoms in total. The third-order valence-corrected chi connectivity index (χ3v) is 4.64. The minimum absolute atomic E-state index is 0.199. The number of furan rings is 1. The largest absolute Gasteiger partial charge is 0.496 e.